The van der Waals surface area contributed by atoms with Gasteiger partial charge in [0, 0.05) is 22.9 Å². The fourth-order valence-electron chi connectivity index (χ4n) is 2.44. The molecular formula is C14H17BrFNO. The van der Waals surface area contributed by atoms with Crippen LogP contribution in [0.1, 0.15) is 31.2 Å². The Morgan fingerprint density at radius 3 is 2.61 bits per heavy atom. The maximum Gasteiger partial charge on any atom is 0.140 e. The van der Waals surface area contributed by atoms with Crippen molar-refractivity contribution in [2.75, 3.05) is 0 Å². The van der Waals surface area contributed by atoms with E-state index in [0.29, 0.717) is 10.9 Å². The predicted octanol–water partition coefficient (Wildman–Crippen LogP) is 3.22. The molecule has 18 heavy (non-hydrogen) atoms. The molecule has 0 aromatic heterocycles. The second-order valence-electron chi connectivity index (χ2n) is 4.99. The van der Waals surface area contributed by atoms with Gasteiger partial charge in [-0.2, -0.15) is 0 Å². The van der Waals surface area contributed by atoms with Crippen molar-refractivity contribution >= 4 is 21.7 Å². The van der Waals surface area contributed by atoms with Crippen LogP contribution in [0.4, 0.5) is 4.39 Å². The van der Waals surface area contributed by atoms with E-state index in [1.54, 1.807) is 6.07 Å². The van der Waals surface area contributed by atoms with Crippen molar-refractivity contribution < 1.29 is 9.18 Å². The molecule has 1 fully saturated rings. The third-order valence-corrected chi connectivity index (χ3v) is 4.35. The molecule has 2 nitrogen and oxygen atoms in total. The zero-order chi connectivity index (χ0) is 13.1. The van der Waals surface area contributed by atoms with E-state index in [4.69, 9.17) is 5.73 Å². The Hall–Kier alpha value is -0.740. The maximum absolute atomic E-state index is 13.0. The van der Waals surface area contributed by atoms with E-state index >= 15 is 0 Å². The van der Waals surface area contributed by atoms with Gasteiger partial charge in [-0.05, 0) is 43.4 Å². The van der Waals surface area contributed by atoms with E-state index in [9.17, 15) is 9.18 Å². The first-order chi connectivity index (χ1) is 8.56. The van der Waals surface area contributed by atoms with Crippen LogP contribution in [-0.4, -0.2) is 11.8 Å². The Balaban J connectivity index is 1.98. The minimum atomic E-state index is -0.290. The van der Waals surface area contributed by atoms with Crippen LogP contribution >= 0.6 is 15.9 Å². The van der Waals surface area contributed by atoms with Crippen molar-refractivity contribution in [2.45, 2.75) is 38.1 Å². The lowest BCUT2D eigenvalue weighted by Crippen LogP contribution is -2.30. The third-order valence-electron chi connectivity index (χ3n) is 3.61. The average Bonchev–Trinajstić information content (AvgIpc) is 2.33. The van der Waals surface area contributed by atoms with Gasteiger partial charge in [-0.25, -0.2) is 4.39 Å². The fraction of sp³-hybridized carbons (Fsp3) is 0.500. The number of ketones is 1. The molecule has 1 aromatic carbocycles. The lowest BCUT2D eigenvalue weighted by molar-refractivity contribution is -0.123. The zero-order valence-corrected chi connectivity index (χ0v) is 11.7. The summed E-state index contributed by atoms with van der Waals surface area (Å²) < 4.78 is 13.6. The number of hydrogen-bond acceptors (Lipinski definition) is 2. The second-order valence-corrected chi connectivity index (χ2v) is 5.84. The van der Waals surface area contributed by atoms with Crippen LogP contribution < -0.4 is 5.73 Å². The van der Waals surface area contributed by atoms with Crippen LogP contribution in [-0.2, 0) is 11.2 Å². The van der Waals surface area contributed by atoms with Gasteiger partial charge in [0.05, 0.1) is 0 Å². The number of rotatable bonds is 3. The first-order valence-corrected chi connectivity index (χ1v) is 7.08. The zero-order valence-electron chi connectivity index (χ0n) is 10.2. The summed E-state index contributed by atoms with van der Waals surface area (Å²) in [5.41, 5.74) is 6.69. The molecule has 2 N–H and O–H groups in total. The molecule has 0 amide bonds. The molecule has 1 aromatic rings. The molecule has 0 saturated heterocycles. The minimum absolute atomic E-state index is 0.127. The molecular weight excluding hydrogens is 297 g/mol. The molecule has 0 unspecified atom stereocenters. The summed E-state index contributed by atoms with van der Waals surface area (Å²) in [6.07, 6.45) is 4.01. The Kier molecular flexibility index (Phi) is 4.51. The highest BCUT2D eigenvalue weighted by atomic mass is 79.9. The van der Waals surface area contributed by atoms with Crippen molar-refractivity contribution in [3.8, 4) is 0 Å². The van der Waals surface area contributed by atoms with Gasteiger partial charge in [-0.3, -0.25) is 4.79 Å². The smallest absolute Gasteiger partial charge is 0.140 e. The number of Topliss-reactive ketones (excluding diaryl/α,β-unsaturated/α-hetero) is 1. The van der Waals surface area contributed by atoms with E-state index in [1.165, 1.54) is 12.1 Å². The van der Waals surface area contributed by atoms with Crippen molar-refractivity contribution in [3.63, 3.8) is 0 Å². The molecule has 0 radical (unpaired) electrons. The largest absolute Gasteiger partial charge is 0.328 e. The number of halogens is 2. The van der Waals surface area contributed by atoms with E-state index in [1.807, 2.05) is 0 Å². The minimum Gasteiger partial charge on any atom is -0.328 e. The number of carbonyl (C=O) groups excluding carboxylic acids is 1. The van der Waals surface area contributed by atoms with Crippen LogP contribution in [0.25, 0.3) is 0 Å². The number of benzene rings is 1. The van der Waals surface area contributed by atoms with Gasteiger partial charge in [-0.1, -0.05) is 22.0 Å². The molecule has 0 spiro atoms. The Morgan fingerprint density at radius 2 is 2.00 bits per heavy atom. The quantitative estimate of drug-likeness (QED) is 0.931. The Morgan fingerprint density at radius 1 is 1.33 bits per heavy atom. The summed E-state index contributed by atoms with van der Waals surface area (Å²) in [5.74, 6) is 0.0812. The van der Waals surface area contributed by atoms with Gasteiger partial charge in [-0.15, -0.1) is 0 Å². The molecule has 1 aliphatic rings. The highest BCUT2D eigenvalue weighted by Gasteiger charge is 2.24. The van der Waals surface area contributed by atoms with E-state index in [2.05, 4.69) is 15.9 Å². The van der Waals surface area contributed by atoms with Crippen LogP contribution in [0.2, 0.25) is 0 Å². The molecule has 1 aliphatic carbocycles. The Bertz CT molecular complexity index is 441. The normalized spacial score (nSPS) is 23.9. The average molecular weight is 314 g/mol. The monoisotopic (exact) mass is 313 g/mol. The van der Waals surface area contributed by atoms with Gasteiger partial charge in [0.1, 0.15) is 11.6 Å². The van der Waals surface area contributed by atoms with Gasteiger partial charge >= 0.3 is 0 Å². The molecule has 0 aliphatic heterocycles. The standard InChI is InChI=1S/C14H17BrFNO/c15-13-8-11(16)4-1-10(13)7-14(18)9-2-5-12(17)6-3-9/h1,4,8-9,12H,2-3,5-7,17H2. The highest BCUT2D eigenvalue weighted by Crippen LogP contribution is 2.26. The maximum atomic E-state index is 13.0. The van der Waals surface area contributed by atoms with Crippen molar-refractivity contribution in [2.24, 2.45) is 11.7 Å². The van der Waals surface area contributed by atoms with E-state index in [-0.39, 0.29) is 23.6 Å². The lowest BCUT2D eigenvalue weighted by atomic mass is 9.82. The first-order valence-electron chi connectivity index (χ1n) is 6.28. The van der Waals surface area contributed by atoms with Gasteiger partial charge < -0.3 is 5.73 Å². The fourth-order valence-corrected chi connectivity index (χ4v) is 2.93. The van der Waals surface area contributed by atoms with Crippen LogP contribution in [0.3, 0.4) is 0 Å². The number of hydrogen-bond donors (Lipinski definition) is 1. The SMILES string of the molecule is NC1CCC(C(=O)Cc2ccc(F)cc2Br)CC1. The molecule has 1 saturated carbocycles. The predicted molar refractivity (Wildman–Crippen MR) is 72.7 cm³/mol. The summed E-state index contributed by atoms with van der Waals surface area (Å²) in [7, 11) is 0. The van der Waals surface area contributed by atoms with Crippen molar-refractivity contribution in [3.05, 3.63) is 34.1 Å². The van der Waals surface area contributed by atoms with Crippen molar-refractivity contribution in [1.29, 1.82) is 0 Å². The molecule has 4 heteroatoms. The van der Waals surface area contributed by atoms with Crippen LogP contribution in [0.5, 0.6) is 0 Å². The molecule has 0 bridgehead atoms. The van der Waals surface area contributed by atoms with Crippen LogP contribution in [0.15, 0.2) is 22.7 Å². The van der Waals surface area contributed by atoms with E-state index < -0.39 is 0 Å². The lowest BCUT2D eigenvalue weighted by Gasteiger charge is -2.25. The third kappa shape index (κ3) is 3.39. The summed E-state index contributed by atoms with van der Waals surface area (Å²) in [6, 6.07) is 4.72. The van der Waals surface area contributed by atoms with Crippen LogP contribution in [0, 0.1) is 11.7 Å². The van der Waals surface area contributed by atoms with Gasteiger partial charge in [0.2, 0.25) is 0 Å². The molecule has 2 rings (SSSR count). The van der Waals surface area contributed by atoms with Gasteiger partial charge in [0.25, 0.3) is 0 Å². The number of nitrogens with two attached hydrogens (primary N) is 1. The van der Waals surface area contributed by atoms with Gasteiger partial charge in [0.15, 0.2) is 0 Å². The van der Waals surface area contributed by atoms with Crippen molar-refractivity contribution in [1.82, 2.24) is 0 Å². The topological polar surface area (TPSA) is 43.1 Å². The molecule has 0 atom stereocenters. The number of carbonyl (C=O) groups is 1. The Labute approximate surface area is 115 Å². The summed E-state index contributed by atoms with van der Waals surface area (Å²) in [5, 5.41) is 0. The first kappa shape index (κ1) is 13.7. The van der Waals surface area contributed by atoms with E-state index in [0.717, 1.165) is 31.2 Å². The molecule has 0 heterocycles. The summed E-state index contributed by atoms with van der Waals surface area (Å²) in [4.78, 5) is 12.2. The highest BCUT2D eigenvalue weighted by molar-refractivity contribution is 9.10. The second kappa shape index (κ2) is 5.93. The summed E-state index contributed by atoms with van der Waals surface area (Å²) >= 11 is 3.30. The summed E-state index contributed by atoms with van der Waals surface area (Å²) in [6.45, 7) is 0. The molecule has 98 valence electrons.